The molecule has 0 aliphatic heterocycles. The quantitative estimate of drug-likeness (QED) is 0.478. The third-order valence-corrected chi connectivity index (χ3v) is 2.92. The van der Waals surface area contributed by atoms with E-state index >= 15 is 0 Å². The first-order chi connectivity index (χ1) is 7.13. The standard InChI is InChI=1S/C9H6BrClN2O2/c1-4-12-7-5(9(11)13-14)2-3-6(10)8(7)15-4/h2-3,9H,1H3. The van der Waals surface area contributed by atoms with Crippen LogP contribution in [-0.2, 0) is 0 Å². The van der Waals surface area contributed by atoms with E-state index in [9.17, 15) is 4.91 Å². The van der Waals surface area contributed by atoms with Crippen molar-refractivity contribution in [3.63, 3.8) is 0 Å². The number of alkyl halides is 1. The largest absolute Gasteiger partial charge is 0.440 e. The Hall–Kier alpha value is -0.940. The van der Waals surface area contributed by atoms with Crippen LogP contribution >= 0.6 is 27.5 Å². The van der Waals surface area contributed by atoms with Crippen LogP contribution in [0.25, 0.3) is 11.1 Å². The fourth-order valence-electron chi connectivity index (χ4n) is 1.35. The van der Waals surface area contributed by atoms with E-state index < -0.39 is 5.50 Å². The van der Waals surface area contributed by atoms with Crippen LogP contribution in [0.5, 0.6) is 0 Å². The van der Waals surface area contributed by atoms with Crippen LogP contribution in [0.15, 0.2) is 26.2 Å². The molecule has 0 saturated carbocycles. The van der Waals surface area contributed by atoms with Crippen LogP contribution in [0.1, 0.15) is 17.0 Å². The summed E-state index contributed by atoms with van der Waals surface area (Å²) in [5, 5.41) is 2.77. The molecule has 1 aromatic carbocycles. The molecule has 2 rings (SSSR count). The highest BCUT2D eigenvalue weighted by Crippen LogP contribution is 2.33. The zero-order chi connectivity index (χ0) is 11.0. The zero-order valence-corrected chi connectivity index (χ0v) is 10.0. The number of nitrogens with zero attached hydrogens (tertiary/aromatic N) is 2. The van der Waals surface area contributed by atoms with Gasteiger partial charge in [0.05, 0.1) is 4.47 Å². The molecule has 0 N–H and O–H groups in total. The maximum atomic E-state index is 10.4. The lowest BCUT2D eigenvalue weighted by molar-refractivity contribution is 0.559. The van der Waals surface area contributed by atoms with Gasteiger partial charge in [-0.3, -0.25) is 0 Å². The van der Waals surface area contributed by atoms with E-state index in [2.05, 4.69) is 26.1 Å². The second-order valence-electron chi connectivity index (χ2n) is 2.99. The van der Waals surface area contributed by atoms with Crippen molar-refractivity contribution in [2.24, 2.45) is 5.18 Å². The number of nitroso groups, excluding NO2 is 1. The predicted octanol–water partition coefficient (Wildman–Crippen LogP) is 3.90. The molecule has 0 saturated heterocycles. The van der Waals surface area contributed by atoms with Crippen LogP contribution in [0.3, 0.4) is 0 Å². The SMILES string of the molecule is Cc1nc2c(C(Cl)N=O)ccc(Br)c2o1. The van der Waals surface area contributed by atoms with E-state index in [0.717, 1.165) is 4.47 Å². The summed E-state index contributed by atoms with van der Waals surface area (Å²) in [4.78, 5) is 14.6. The van der Waals surface area contributed by atoms with Gasteiger partial charge in [0.15, 0.2) is 17.0 Å². The lowest BCUT2D eigenvalue weighted by Gasteiger charge is -2.01. The molecule has 1 unspecified atom stereocenters. The summed E-state index contributed by atoms with van der Waals surface area (Å²) in [7, 11) is 0. The summed E-state index contributed by atoms with van der Waals surface area (Å²) in [5.74, 6) is 0.521. The van der Waals surface area contributed by atoms with Gasteiger partial charge in [0.1, 0.15) is 5.52 Å². The van der Waals surface area contributed by atoms with Gasteiger partial charge < -0.3 is 4.42 Å². The van der Waals surface area contributed by atoms with E-state index in [4.69, 9.17) is 16.0 Å². The zero-order valence-electron chi connectivity index (χ0n) is 7.70. The monoisotopic (exact) mass is 288 g/mol. The highest BCUT2D eigenvalue weighted by Gasteiger charge is 2.17. The van der Waals surface area contributed by atoms with Gasteiger partial charge in [-0.25, -0.2) is 4.98 Å². The van der Waals surface area contributed by atoms with Crippen molar-refractivity contribution >= 4 is 38.6 Å². The number of halogens is 2. The first-order valence-electron chi connectivity index (χ1n) is 4.15. The van der Waals surface area contributed by atoms with Crippen LogP contribution < -0.4 is 0 Å². The molecular formula is C9H6BrClN2O2. The molecule has 0 radical (unpaired) electrons. The minimum Gasteiger partial charge on any atom is -0.440 e. The van der Waals surface area contributed by atoms with E-state index in [1.54, 1.807) is 19.1 Å². The molecule has 1 heterocycles. The maximum Gasteiger partial charge on any atom is 0.192 e. The lowest BCUT2D eigenvalue weighted by Crippen LogP contribution is -1.88. The summed E-state index contributed by atoms with van der Waals surface area (Å²) >= 11 is 9.08. The normalized spacial score (nSPS) is 13.0. The minimum atomic E-state index is -0.940. The van der Waals surface area contributed by atoms with E-state index in [1.807, 2.05) is 0 Å². The van der Waals surface area contributed by atoms with Gasteiger partial charge >= 0.3 is 0 Å². The molecule has 0 fully saturated rings. The summed E-state index contributed by atoms with van der Waals surface area (Å²) in [6.45, 7) is 1.73. The number of aromatic nitrogens is 1. The summed E-state index contributed by atoms with van der Waals surface area (Å²) in [6, 6.07) is 3.45. The molecule has 0 spiro atoms. The number of hydrogen-bond acceptors (Lipinski definition) is 4. The minimum absolute atomic E-state index is 0.521. The number of oxazole rings is 1. The molecule has 2 aromatic rings. The van der Waals surface area contributed by atoms with Crippen molar-refractivity contribution in [3.05, 3.63) is 33.0 Å². The molecule has 4 nitrogen and oxygen atoms in total. The molecule has 1 aromatic heterocycles. The molecule has 15 heavy (non-hydrogen) atoms. The fourth-order valence-corrected chi connectivity index (χ4v) is 1.93. The van der Waals surface area contributed by atoms with Gasteiger partial charge in [-0.15, -0.1) is 4.91 Å². The molecule has 0 amide bonds. The van der Waals surface area contributed by atoms with Crippen molar-refractivity contribution in [2.45, 2.75) is 12.4 Å². The molecule has 6 heteroatoms. The average Bonchev–Trinajstić information content (AvgIpc) is 2.60. The van der Waals surface area contributed by atoms with Crippen LogP contribution in [0.4, 0.5) is 0 Å². The Morgan fingerprint density at radius 3 is 3.00 bits per heavy atom. The van der Waals surface area contributed by atoms with Crippen molar-refractivity contribution < 1.29 is 4.42 Å². The van der Waals surface area contributed by atoms with Crippen molar-refractivity contribution in [1.82, 2.24) is 4.98 Å². The molecule has 0 aliphatic carbocycles. The van der Waals surface area contributed by atoms with Crippen LogP contribution in [0, 0.1) is 11.8 Å². The number of rotatable bonds is 2. The van der Waals surface area contributed by atoms with E-state index in [1.165, 1.54) is 0 Å². The second kappa shape index (κ2) is 3.90. The first-order valence-corrected chi connectivity index (χ1v) is 5.38. The lowest BCUT2D eigenvalue weighted by atomic mass is 10.2. The number of benzene rings is 1. The van der Waals surface area contributed by atoms with Gasteiger partial charge in [-0.05, 0) is 27.2 Å². The molecule has 0 bridgehead atoms. The van der Waals surface area contributed by atoms with E-state index in [0.29, 0.717) is 22.6 Å². The Kier molecular flexibility index (Phi) is 2.75. The van der Waals surface area contributed by atoms with Gasteiger partial charge in [0.2, 0.25) is 0 Å². The number of hydrogen-bond donors (Lipinski definition) is 0. The first kappa shape index (κ1) is 10.6. The van der Waals surface area contributed by atoms with Crippen molar-refractivity contribution in [3.8, 4) is 0 Å². The van der Waals surface area contributed by atoms with Gasteiger partial charge in [-0.2, -0.15) is 0 Å². The predicted molar refractivity (Wildman–Crippen MR) is 60.8 cm³/mol. The fraction of sp³-hybridized carbons (Fsp3) is 0.222. The van der Waals surface area contributed by atoms with Crippen LogP contribution in [-0.4, -0.2) is 4.98 Å². The van der Waals surface area contributed by atoms with Crippen molar-refractivity contribution in [1.29, 1.82) is 0 Å². The van der Waals surface area contributed by atoms with Gasteiger partial charge in [-0.1, -0.05) is 17.7 Å². The summed E-state index contributed by atoms with van der Waals surface area (Å²) in [5.41, 5.74) is 0.771. The Balaban J connectivity index is 2.76. The number of aryl methyl sites for hydroxylation is 1. The van der Waals surface area contributed by atoms with Gasteiger partial charge in [0.25, 0.3) is 0 Å². The highest BCUT2D eigenvalue weighted by atomic mass is 79.9. The Bertz CT molecular complexity index is 526. The van der Waals surface area contributed by atoms with Crippen molar-refractivity contribution in [2.75, 3.05) is 0 Å². The molecule has 0 aliphatic rings. The smallest absolute Gasteiger partial charge is 0.192 e. The Morgan fingerprint density at radius 1 is 1.60 bits per heavy atom. The van der Waals surface area contributed by atoms with Crippen LogP contribution in [0.2, 0.25) is 0 Å². The van der Waals surface area contributed by atoms with E-state index in [-0.39, 0.29) is 0 Å². The number of fused-ring (bicyclic) bond motifs is 1. The summed E-state index contributed by atoms with van der Waals surface area (Å²) < 4.78 is 6.15. The molecular weight excluding hydrogens is 283 g/mol. The molecule has 1 atom stereocenters. The average molecular weight is 290 g/mol. The topological polar surface area (TPSA) is 55.5 Å². The Morgan fingerprint density at radius 2 is 2.33 bits per heavy atom. The Labute approximate surface area is 98.7 Å². The van der Waals surface area contributed by atoms with Gasteiger partial charge in [0, 0.05) is 12.5 Å². The third-order valence-electron chi connectivity index (χ3n) is 1.98. The molecule has 78 valence electrons. The summed E-state index contributed by atoms with van der Waals surface area (Å²) in [6.07, 6.45) is 0. The second-order valence-corrected chi connectivity index (χ2v) is 4.26. The maximum absolute atomic E-state index is 10.4. The highest BCUT2D eigenvalue weighted by molar-refractivity contribution is 9.10. The third kappa shape index (κ3) is 1.77.